The molecule has 0 aliphatic heterocycles. The number of carbonyl (C=O) groups excluding carboxylic acids is 3. The lowest BCUT2D eigenvalue weighted by atomic mass is 9.38. The van der Waals surface area contributed by atoms with Crippen LogP contribution in [-0.2, 0) is 19.1 Å². The van der Waals surface area contributed by atoms with Crippen molar-refractivity contribution in [3.05, 3.63) is 23.8 Å². The molecule has 0 unspecified atom stereocenters. The summed E-state index contributed by atoms with van der Waals surface area (Å²) in [5.74, 6) is -2.70. The Balaban J connectivity index is 1.76. The van der Waals surface area contributed by atoms with Crippen LogP contribution in [0.25, 0.3) is 0 Å². The van der Waals surface area contributed by atoms with Crippen LogP contribution in [0.1, 0.15) is 87.5 Å². The highest BCUT2D eigenvalue weighted by Gasteiger charge is 2.75. The highest BCUT2D eigenvalue weighted by molar-refractivity contribution is 5.97. The summed E-state index contributed by atoms with van der Waals surface area (Å²) < 4.78 is 5.23. The van der Waals surface area contributed by atoms with E-state index in [4.69, 9.17) is 4.74 Å². The minimum absolute atomic E-state index is 0.0150. The number of ether oxygens (including phenoxy) is 1. The number of hydrogen-bond acceptors (Lipinski definition) is 8. The molecule has 4 N–H and O–H groups in total. The maximum atomic E-state index is 14.4. The third-order valence-electron chi connectivity index (χ3n) is 11.7. The zero-order chi connectivity index (χ0) is 30.3. The van der Waals surface area contributed by atoms with Crippen molar-refractivity contribution in [3.63, 3.8) is 0 Å². The van der Waals surface area contributed by atoms with Gasteiger partial charge in [-0.15, -0.1) is 0 Å². The van der Waals surface area contributed by atoms with E-state index in [0.29, 0.717) is 19.3 Å². The van der Waals surface area contributed by atoms with E-state index in [0.717, 1.165) is 5.57 Å². The Morgan fingerprint density at radius 3 is 2.30 bits per heavy atom. The number of ketones is 2. The van der Waals surface area contributed by atoms with E-state index < -0.39 is 62.7 Å². The standard InChI is InChI=1S/C32H48O8/c1-18(34)40-27(2,3)14-13-24(37)31(8,39)26-21(35)15-29(6)22-11-9-19-20(10-12-23(36)28(19,4)5)32(22,17-33)25(38)16-30(26,29)7/h9,13-14,20-23,26,33,35-36,39H,10-12,15-17H2,1-8H3/b14-13+/t20-,21-,22+,23+,26-,29-,30-,31-,32+/m1/s1. The van der Waals surface area contributed by atoms with E-state index in [1.54, 1.807) is 13.8 Å². The molecule has 0 aromatic heterocycles. The molecule has 0 saturated heterocycles. The molecule has 0 bridgehead atoms. The van der Waals surface area contributed by atoms with Crippen LogP contribution in [0.4, 0.5) is 0 Å². The predicted octanol–water partition coefficient (Wildman–Crippen LogP) is 3.29. The third kappa shape index (κ3) is 4.19. The molecule has 8 nitrogen and oxygen atoms in total. The van der Waals surface area contributed by atoms with Crippen LogP contribution < -0.4 is 0 Å². The Bertz CT molecular complexity index is 1150. The average Bonchev–Trinajstić information content (AvgIpc) is 3.03. The minimum Gasteiger partial charge on any atom is -0.456 e. The van der Waals surface area contributed by atoms with E-state index in [1.807, 2.05) is 27.7 Å². The average molecular weight is 561 g/mol. The summed E-state index contributed by atoms with van der Waals surface area (Å²) in [5, 5.41) is 45.1. The number of Topliss-reactive ketones (excluding diaryl/α,β-unsaturated/α-hetero) is 1. The van der Waals surface area contributed by atoms with Gasteiger partial charge in [-0.1, -0.05) is 39.3 Å². The predicted molar refractivity (Wildman–Crippen MR) is 149 cm³/mol. The van der Waals surface area contributed by atoms with Crippen LogP contribution in [0.15, 0.2) is 23.8 Å². The second-order valence-electron chi connectivity index (χ2n) is 14.7. The molecule has 0 spiro atoms. The normalized spacial score (nSPS) is 42.4. The molecule has 4 aliphatic rings. The van der Waals surface area contributed by atoms with Crippen molar-refractivity contribution >= 4 is 17.5 Å². The highest BCUT2D eigenvalue weighted by atomic mass is 16.6. The van der Waals surface area contributed by atoms with Gasteiger partial charge in [-0.2, -0.15) is 0 Å². The minimum atomic E-state index is -2.00. The number of rotatable bonds is 6. The smallest absolute Gasteiger partial charge is 0.303 e. The van der Waals surface area contributed by atoms with Gasteiger partial charge < -0.3 is 25.2 Å². The summed E-state index contributed by atoms with van der Waals surface area (Å²) in [7, 11) is 0. The number of carbonyl (C=O) groups is 3. The molecule has 8 heteroatoms. The Labute approximate surface area is 237 Å². The quantitative estimate of drug-likeness (QED) is 0.220. The SMILES string of the molecule is CC(=O)OC(C)(C)/C=C/C(=O)[C@@](C)(O)[C@@H]1[C@H](O)C[C@]2(C)[C@@H]3CC=C4[C@@H](CC[C@H](O)C4(C)C)[C@]3(CO)C(=O)C[C@]12C. The molecule has 3 saturated carbocycles. The second-order valence-corrected chi connectivity index (χ2v) is 14.7. The second kappa shape index (κ2) is 9.58. The summed E-state index contributed by atoms with van der Waals surface area (Å²) in [6, 6.07) is 0. The molecule has 4 aliphatic carbocycles. The lowest BCUT2D eigenvalue weighted by Gasteiger charge is -2.65. The van der Waals surface area contributed by atoms with Gasteiger partial charge in [0, 0.05) is 24.7 Å². The fourth-order valence-electron chi connectivity index (χ4n) is 9.56. The van der Waals surface area contributed by atoms with Crippen LogP contribution in [0.2, 0.25) is 0 Å². The molecule has 0 aromatic rings. The van der Waals surface area contributed by atoms with Crippen molar-refractivity contribution in [2.45, 2.75) is 111 Å². The Hall–Kier alpha value is -1.87. The molecular formula is C32H48O8. The van der Waals surface area contributed by atoms with Crippen LogP contribution in [0, 0.1) is 39.4 Å². The number of allylic oxidation sites excluding steroid dienone is 1. The monoisotopic (exact) mass is 560 g/mol. The summed E-state index contributed by atoms with van der Waals surface area (Å²) in [6.45, 7) is 13.5. The number of hydrogen-bond donors (Lipinski definition) is 4. The first-order chi connectivity index (χ1) is 18.2. The number of aliphatic hydroxyl groups is 4. The van der Waals surface area contributed by atoms with Gasteiger partial charge in [-0.3, -0.25) is 14.4 Å². The zero-order valence-electron chi connectivity index (χ0n) is 25.3. The molecule has 0 aromatic carbocycles. The first kappa shape index (κ1) is 31.1. The van der Waals surface area contributed by atoms with Gasteiger partial charge in [0.1, 0.15) is 17.0 Å². The van der Waals surface area contributed by atoms with Crippen molar-refractivity contribution in [2.75, 3.05) is 6.61 Å². The number of esters is 1. The summed E-state index contributed by atoms with van der Waals surface area (Å²) in [6.07, 6.45) is 5.10. The van der Waals surface area contributed by atoms with E-state index in [1.165, 1.54) is 26.0 Å². The van der Waals surface area contributed by atoms with Crippen LogP contribution in [0.3, 0.4) is 0 Å². The van der Waals surface area contributed by atoms with Gasteiger partial charge >= 0.3 is 5.97 Å². The van der Waals surface area contributed by atoms with E-state index >= 15 is 0 Å². The summed E-state index contributed by atoms with van der Waals surface area (Å²) >= 11 is 0. The topological polar surface area (TPSA) is 141 Å². The first-order valence-electron chi connectivity index (χ1n) is 14.6. The zero-order valence-corrected chi connectivity index (χ0v) is 25.3. The molecule has 0 amide bonds. The fraction of sp³-hybridized carbons (Fsp3) is 0.781. The molecule has 9 atom stereocenters. The fourth-order valence-corrected chi connectivity index (χ4v) is 9.56. The van der Waals surface area contributed by atoms with Crippen molar-refractivity contribution < 1.29 is 39.5 Å². The molecular weight excluding hydrogens is 512 g/mol. The molecule has 0 heterocycles. The van der Waals surface area contributed by atoms with E-state index in [2.05, 4.69) is 6.08 Å². The third-order valence-corrected chi connectivity index (χ3v) is 11.7. The number of aliphatic hydroxyl groups excluding tert-OH is 3. The Kier molecular flexibility index (Phi) is 7.44. The Morgan fingerprint density at radius 2 is 1.73 bits per heavy atom. The Morgan fingerprint density at radius 1 is 1.10 bits per heavy atom. The molecule has 40 heavy (non-hydrogen) atoms. The highest BCUT2D eigenvalue weighted by Crippen LogP contribution is 2.74. The maximum Gasteiger partial charge on any atom is 0.303 e. The van der Waals surface area contributed by atoms with Crippen molar-refractivity contribution in [1.29, 1.82) is 0 Å². The first-order valence-corrected chi connectivity index (χ1v) is 14.6. The molecule has 224 valence electrons. The van der Waals surface area contributed by atoms with Gasteiger partial charge in [-0.25, -0.2) is 0 Å². The largest absolute Gasteiger partial charge is 0.456 e. The van der Waals surface area contributed by atoms with Crippen LogP contribution in [0.5, 0.6) is 0 Å². The molecule has 4 rings (SSSR count). The van der Waals surface area contributed by atoms with E-state index in [-0.39, 0.29) is 37.1 Å². The lowest BCUT2D eigenvalue weighted by Crippen LogP contribution is -2.66. The van der Waals surface area contributed by atoms with Gasteiger partial charge in [0.2, 0.25) is 0 Å². The lowest BCUT2D eigenvalue weighted by molar-refractivity contribution is -0.191. The van der Waals surface area contributed by atoms with E-state index in [9.17, 15) is 34.8 Å². The van der Waals surface area contributed by atoms with Crippen LogP contribution in [-0.4, -0.2) is 68.0 Å². The maximum absolute atomic E-state index is 14.4. The van der Waals surface area contributed by atoms with Gasteiger partial charge in [-0.05, 0) is 81.3 Å². The summed E-state index contributed by atoms with van der Waals surface area (Å²) in [5.41, 5.74) is -5.21. The van der Waals surface area contributed by atoms with Crippen molar-refractivity contribution in [3.8, 4) is 0 Å². The number of fused-ring (bicyclic) bond motifs is 5. The van der Waals surface area contributed by atoms with Gasteiger partial charge in [0.25, 0.3) is 0 Å². The molecule has 3 fully saturated rings. The van der Waals surface area contributed by atoms with Gasteiger partial charge in [0.15, 0.2) is 5.78 Å². The van der Waals surface area contributed by atoms with Crippen molar-refractivity contribution in [1.82, 2.24) is 0 Å². The van der Waals surface area contributed by atoms with Crippen molar-refractivity contribution in [2.24, 2.45) is 39.4 Å². The summed E-state index contributed by atoms with van der Waals surface area (Å²) in [4.78, 5) is 39.3. The van der Waals surface area contributed by atoms with Gasteiger partial charge in [0.05, 0.1) is 24.2 Å². The van der Waals surface area contributed by atoms with Crippen LogP contribution >= 0.6 is 0 Å². The molecule has 0 radical (unpaired) electrons.